The van der Waals surface area contributed by atoms with E-state index in [-0.39, 0.29) is 36.8 Å². The summed E-state index contributed by atoms with van der Waals surface area (Å²) < 4.78 is 5.60. The van der Waals surface area contributed by atoms with Gasteiger partial charge in [0, 0.05) is 25.0 Å². The molecule has 1 unspecified atom stereocenters. The van der Waals surface area contributed by atoms with E-state index in [0.717, 1.165) is 16.8 Å². The molecule has 2 aliphatic rings. The fourth-order valence-electron chi connectivity index (χ4n) is 4.30. The maximum Gasteiger partial charge on any atom is 0.262 e. The Morgan fingerprint density at radius 1 is 1.12 bits per heavy atom. The summed E-state index contributed by atoms with van der Waals surface area (Å²) in [5.74, 6) is -0.223. The smallest absolute Gasteiger partial charge is 0.262 e. The number of aromatic nitrogens is 2. The molecule has 3 N–H and O–H groups in total. The van der Waals surface area contributed by atoms with Crippen LogP contribution in [-0.4, -0.2) is 52.0 Å². The van der Waals surface area contributed by atoms with Crippen LogP contribution in [-0.2, 0) is 29.0 Å². The first-order valence-electron chi connectivity index (χ1n) is 10.8. The third kappa shape index (κ3) is 4.30. The van der Waals surface area contributed by atoms with Crippen molar-refractivity contribution in [3.63, 3.8) is 0 Å². The lowest BCUT2D eigenvalue weighted by Crippen LogP contribution is -2.50. The number of aromatic amines is 1. The first-order chi connectivity index (χ1) is 16.1. The van der Waals surface area contributed by atoms with Crippen molar-refractivity contribution < 1.29 is 19.1 Å². The number of hydrogen-bond donors (Lipinski definition) is 3. The number of rotatable bonds is 5. The Labute approximate surface area is 190 Å². The van der Waals surface area contributed by atoms with Gasteiger partial charge in [-0.25, -0.2) is 0 Å². The molecule has 3 heterocycles. The summed E-state index contributed by atoms with van der Waals surface area (Å²) in [4.78, 5) is 39.6. The standard InChI is InChI=1S/C24H23N5O4/c30-21(11-17-8-9-26-28-17)25-12-18-10-15-4-1-2-5-16(15)13-29(18)24(32)19-6-3-7-20-23(19)33-14-22(31)27-20/h1-9,18H,10-14H2,(H,25,30)(H,26,28)(H,27,31). The van der Waals surface area contributed by atoms with Gasteiger partial charge in [-0.15, -0.1) is 0 Å². The van der Waals surface area contributed by atoms with E-state index in [2.05, 4.69) is 26.9 Å². The maximum atomic E-state index is 13.7. The van der Waals surface area contributed by atoms with E-state index >= 15 is 0 Å². The largest absolute Gasteiger partial charge is 0.481 e. The van der Waals surface area contributed by atoms with E-state index in [9.17, 15) is 14.4 Å². The van der Waals surface area contributed by atoms with Crippen LogP contribution in [0.3, 0.4) is 0 Å². The molecule has 168 valence electrons. The van der Waals surface area contributed by atoms with Crippen LogP contribution >= 0.6 is 0 Å². The zero-order valence-electron chi connectivity index (χ0n) is 17.8. The molecule has 5 rings (SSSR count). The number of ether oxygens (including phenoxy) is 1. The molecule has 9 heteroatoms. The molecule has 2 aliphatic heterocycles. The molecule has 3 amide bonds. The number of hydrogen-bond acceptors (Lipinski definition) is 5. The van der Waals surface area contributed by atoms with E-state index < -0.39 is 0 Å². The summed E-state index contributed by atoms with van der Waals surface area (Å²) in [6.45, 7) is 0.610. The highest BCUT2D eigenvalue weighted by atomic mass is 16.5. The highest BCUT2D eigenvalue weighted by Crippen LogP contribution is 2.34. The van der Waals surface area contributed by atoms with Crippen LogP contribution in [0, 0.1) is 0 Å². The summed E-state index contributed by atoms with van der Waals surface area (Å²) in [5, 5.41) is 12.3. The van der Waals surface area contributed by atoms with Gasteiger partial charge in [-0.05, 0) is 35.7 Å². The molecule has 9 nitrogen and oxygen atoms in total. The molecule has 0 saturated heterocycles. The number of H-pyrrole nitrogens is 1. The fraction of sp³-hybridized carbons (Fsp3) is 0.250. The van der Waals surface area contributed by atoms with Gasteiger partial charge in [0.1, 0.15) is 0 Å². The number of carbonyl (C=O) groups excluding carboxylic acids is 3. The number of fused-ring (bicyclic) bond motifs is 2. The van der Waals surface area contributed by atoms with Crippen molar-refractivity contribution >= 4 is 23.4 Å². The molecule has 0 radical (unpaired) electrons. The molecule has 1 aromatic heterocycles. The second kappa shape index (κ2) is 8.78. The minimum atomic E-state index is -0.253. The average Bonchev–Trinajstić information content (AvgIpc) is 3.34. The zero-order valence-corrected chi connectivity index (χ0v) is 17.8. The van der Waals surface area contributed by atoms with Crippen molar-refractivity contribution in [3.05, 3.63) is 77.1 Å². The highest BCUT2D eigenvalue weighted by Gasteiger charge is 2.33. The quantitative estimate of drug-likeness (QED) is 0.552. The third-order valence-corrected chi connectivity index (χ3v) is 5.93. The van der Waals surface area contributed by atoms with Crippen molar-refractivity contribution in [2.24, 2.45) is 0 Å². The molecular formula is C24H23N5O4. The van der Waals surface area contributed by atoms with Crippen molar-refractivity contribution in [2.75, 3.05) is 18.5 Å². The summed E-state index contributed by atoms with van der Waals surface area (Å²) in [7, 11) is 0. The predicted octanol–water partition coefficient (Wildman–Crippen LogP) is 1.67. The average molecular weight is 445 g/mol. The van der Waals surface area contributed by atoms with Crippen LogP contribution in [0.5, 0.6) is 5.75 Å². The topological polar surface area (TPSA) is 116 Å². The van der Waals surface area contributed by atoms with Gasteiger partial charge in [-0.3, -0.25) is 19.5 Å². The second-order valence-electron chi connectivity index (χ2n) is 8.14. The van der Waals surface area contributed by atoms with Gasteiger partial charge in [0.25, 0.3) is 11.8 Å². The van der Waals surface area contributed by atoms with Crippen LogP contribution < -0.4 is 15.4 Å². The lowest BCUT2D eigenvalue weighted by molar-refractivity contribution is -0.121. The number of nitrogens with one attached hydrogen (secondary N) is 3. The molecule has 0 aliphatic carbocycles. The van der Waals surface area contributed by atoms with Crippen molar-refractivity contribution in [1.29, 1.82) is 0 Å². The minimum Gasteiger partial charge on any atom is -0.481 e. The molecule has 0 bridgehead atoms. The second-order valence-corrected chi connectivity index (χ2v) is 8.14. The van der Waals surface area contributed by atoms with E-state index in [1.807, 2.05) is 18.2 Å². The number of para-hydroxylation sites is 1. The normalized spacial score (nSPS) is 16.8. The van der Waals surface area contributed by atoms with Crippen LogP contribution in [0.2, 0.25) is 0 Å². The fourth-order valence-corrected chi connectivity index (χ4v) is 4.30. The Morgan fingerprint density at radius 2 is 1.97 bits per heavy atom. The number of benzene rings is 2. The van der Waals surface area contributed by atoms with Crippen LogP contribution in [0.15, 0.2) is 54.7 Å². The zero-order chi connectivity index (χ0) is 22.8. The Bertz CT molecular complexity index is 1210. The van der Waals surface area contributed by atoms with E-state index in [1.165, 1.54) is 0 Å². The number of nitrogens with zero attached hydrogens (tertiary/aromatic N) is 2. The summed E-state index contributed by atoms with van der Waals surface area (Å²) in [6, 6.07) is 14.7. The molecule has 0 spiro atoms. The summed E-state index contributed by atoms with van der Waals surface area (Å²) in [5.41, 5.74) is 3.84. The Balaban J connectivity index is 1.39. The van der Waals surface area contributed by atoms with Gasteiger partial charge in [-0.1, -0.05) is 30.3 Å². The molecule has 0 fully saturated rings. The van der Waals surface area contributed by atoms with E-state index in [1.54, 1.807) is 35.4 Å². The van der Waals surface area contributed by atoms with Gasteiger partial charge in [0.15, 0.2) is 12.4 Å². The Kier molecular flexibility index (Phi) is 5.52. The van der Waals surface area contributed by atoms with E-state index in [4.69, 9.17) is 4.74 Å². The van der Waals surface area contributed by atoms with E-state index in [0.29, 0.717) is 36.5 Å². The summed E-state index contributed by atoms with van der Waals surface area (Å²) in [6.07, 6.45) is 2.42. The predicted molar refractivity (Wildman–Crippen MR) is 120 cm³/mol. The van der Waals surface area contributed by atoms with Crippen LogP contribution in [0.4, 0.5) is 5.69 Å². The van der Waals surface area contributed by atoms with Gasteiger partial charge >= 0.3 is 0 Å². The lowest BCUT2D eigenvalue weighted by Gasteiger charge is -2.37. The highest BCUT2D eigenvalue weighted by molar-refractivity contribution is 6.03. The molecule has 3 aromatic rings. The number of anilines is 1. The third-order valence-electron chi connectivity index (χ3n) is 5.93. The molecule has 33 heavy (non-hydrogen) atoms. The maximum absolute atomic E-state index is 13.7. The molecular weight excluding hydrogens is 422 g/mol. The van der Waals surface area contributed by atoms with Crippen molar-refractivity contribution in [1.82, 2.24) is 20.4 Å². The minimum absolute atomic E-state index is 0.132. The molecule has 2 aromatic carbocycles. The van der Waals surface area contributed by atoms with Crippen LogP contribution in [0.1, 0.15) is 27.2 Å². The van der Waals surface area contributed by atoms with Gasteiger partial charge in [0.05, 0.1) is 23.7 Å². The SMILES string of the molecule is O=C(Cc1ccn[nH]1)NCC1Cc2ccccc2CN1C(=O)c1cccc2c1OCC(=O)N2. The Hall–Kier alpha value is -4.14. The van der Waals surface area contributed by atoms with Crippen molar-refractivity contribution in [2.45, 2.75) is 25.4 Å². The van der Waals surface area contributed by atoms with Gasteiger partial charge < -0.3 is 20.3 Å². The first kappa shape index (κ1) is 20.7. The Morgan fingerprint density at radius 3 is 2.79 bits per heavy atom. The van der Waals surface area contributed by atoms with Gasteiger partial charge in [0.2, 0.25) is 5.91 Å². The van der Waals surface area contributed by atoms with Crippen molar-refractivity contribution in [3.8, 4) is 5.75 Å². The van der Waals surface area contributed by atoms with Gasteiger partial charge in [-0.2, -0.15) is 5.10 Å². The summed E-state index contributed by atoms with van der Waals surface area (Å²) >= 11 is 0. The molecule has 0 saturated carbocycles. The first-order valence-corrected chi connectivity index (χ1v) is 10.8. The van der Waals surface area contributed by atoms with Crippen LogP contribution in [0.25, 0.3) is 0 Å². The monoisotopic (exact) mass is 445 g/mol. The number of amides is 3. The number of carbonyl (C=O) groups is 3. The molecule has 1 atom stereocenters. The lowest BCUT2D eigenvalue weighted by atomic mass is 9.93.